The van der Waals surface area contributed by atoms with Crippen LogP contribution in [0.1, 0.15) is 0 Å². The number of hydrogen-bond donors (Lipinski definition) is 0. The molecule has 0 fully saturated rings. The van der Waals surface area contributed by atoms with Crippen molar-refractivity contribution in [2.24, 2.45) is 0 Å². The van der Waals surface area contributed by atoms with Crippen molar-refractivity contribution >= 4 is 94.3 Å². The van der Waals surface area contributed by atoms with Gasteiger partial charge >= 0.3 is 0 Å². The predicted molar refractivity (Wildman–Crippen MR) is 286 cm³/mol. The molecule has 0 unspecified atom stereocenters. The fraction of sp³-hybridized carbons (Fsp3) is 0. The van der Waals surface area contributed by atoms with Crippen LogP contribution >= 0.6 is 0 Å². The summed E-state index contributed by atoms with van der Waals surface area (Å²) in [6, 6.07) is 98.8. The SMILES string of the molecule is c1ccc(N(c2ccccc2)c2ccc3c(N(c4ccccc4)c4ccccc4)c4cc(N(c5ccccc5)c5ccccc5)ccc4c(-c4ccc5ccc6ccccc6c5c4)c3c2)cc1. The van der Waals surface area contributed by atoms with E-state index in [1.165, 1.54) is 27.1 Å². The minimum atomic E-state index is 1.07. The molecule has 0 aliphatic carbocycles. The number of para-hydroxylation sites is 6. The second-order valence-electron chi connectivity index (χ2n) is 16.9. The highest BCUT2D eigenvalue weighted by molar-refractivity contribution is 6.24. The highest BCUT2D eigenvalue weighted by Gasteiger charge is 2.25. The molecule has 316 valence electrons. The zero-order chi connectivity index (χ0) is 44.5. The quantitative estimate of drug-likeness (QED) is 0.100. The summed E-state index contributed by atoms with van der Waals surface area (Å²) in [6.45, 7) is 0. The molecule has 12 rings (SSSR count). The number of hydrogen-bond acceptors (Lipinski definition) is 3. The van der Waals surface area contributed by atoms with Crippen molar-refractivity contribution in [1.29, 1.82) is 0 Å². The van der Waals surface area contributed by atoms with Crippen molar-refractivity contribution in [3.05, 3.63) is 273 Å². The molecule has 0 amide bonds. The molecule has 0 N–H and O–H groups in total. The standard InChI is InChI=1S/C64H45N3/c1-7-22-49(23-8-1)65(50-24-9-2-10-25-50)55-40-42-59-61(44-55)63(48-38-37-47-36-35-46-21-19-20-34-57(46)60(47)43-48)58-41-39-56(66(51-26-11-3-12-27-51)52-28-13-4-14-29-52)45-62(58)64(59)67(53-30-15-5-16-31-53)54-32-17-6-18-33-54/h1-45H. The van der Waals surface area contributed by atoms with Gasteiger partial charge in [0.05, 0.1) is 5.69 Å². The van der Waals surface area contributed by atoms with Gasteiger partial charge in [0, 0.05) is 56.3 Å². The Hall–Kier alpha value is -8.92. The van der Waals surface area contributed by atoms with Gasteiger partial charge in [-0.2, -0.15) is 0 Å². The van der Waals surface area contributed by atoms with Gasteiger partial charge in [-0.3, -0.25) is 0 Å². The van der Waals surface area contributed by atoms with Crippen molar-refractivity contribution in [2.45, 2.75) is 0 Å². The Bertz CT molecular complexity index is 3560. The molecule has 0 aliphatic heterocycles. The molecule has 0 bridgehead atoms. The number of nitrogens with zero attached hydrogens (tertiary/aromatic N) is 3. The topological polar surface area (TPSA) is 9.72 Å². The summed E-state index contributed by atoms with van der Waals surface area (Å²) < 4.78 is 0. The Labute approximate surface area is 391 Å². The van der Waals surface area contributed by atoms with Gasteiger partial charge in [0.2, 0.25) is 0 Å². The normalized spacial score (nSPS) is 11.3. The molecular formula is C64H45N3. The van der Waals surface area contributed by atoms with Crippen LogP contribution in [0, 0.1) is 0 Å². The second kappa shape index (κ2) is 17.2. The summed E-state index contributed by atoms with van der Waals surface area (Å²) in [4.78, 5) is 7.19. The Morgan fingerprint density at radius 1 is 0.194 bits per heavy atom. The fourth-order valence-electron chi connectivity index (χ4n) is 9.93. The van der Waals surface area contributed by atoms with Gasteiger partial charge in [-0.1, -0.05) is 170 Å². The third kappa shape index (κ3) is 7.29. The van der Waals surface area contributed by atoms with Crippen molar-refractivity contribution in [3.63, 3.8) is 0 Å². The molecule has 0 saturated carbocycles. The number of anilines is 9. The van der Waals surface area contributed by atoms with Gasteiger partial charge in [0.25, 0.3) is 0 Å². The van der Waals surface area contributed by atoms with Gasteiger partial charge in [-0.25, -0.2) is 0 Å². The summed E-state index contributed by atoms with van der Waals surface area (Å²) >= 11 is 0. The molecule has 67 heavy (non-hydrogen) atoms. The Balaban J connectivity index is 1.24. The minimum Gasteiger partial charge on any atom is -0.310 e. The number of rotatable bonds is 10. The molecule has 0 aromatic heterocycles. The highest BCUT2D eigenvalue weighted by atomic mass is 15.2. The fourth-order valence-corrected chi connectivity index (χ4v) is 9.93. The summed E-state index contributed by atoms with van der Waals surface area (Å²) in [5.41, 5.74) is 12.1. The van der Waals surface area contributed by atoms with E-state index in [-0.39, 0.29) is 0 Å². The molecule has 0 atom stereocenters. The van der Waals surface area contributed by atoms with Gasteiger partial charge in [-0.15, -0.1) is 0 Å². The van der Waals surface area contributed by atoms with E-state index in [0.717, 1.165) is 78.3 Å². The molecule has 3 heteroatoms. The van der Waals surface area contributed by atoms with Gasteiger partial charge in [-0.05, 0) is 147 Å². The molecular weight excluding hydrogens is 811 g/mol. The zero-order valence-electron chi connectivity index (χ0n) is 36.8. The van der Waals surface area contributed by atoms with Crippen LogP contribution in [-0.4, -0.2) is 0 Å². The first kappa shape index (κ1) is 39.7. The lowest BCUT2D eigenvalue weighted by molar-refractivity contribution is 1.28. The maximum atomic E-state index is 2.45. The smallest absolute Gasteiger partial charge is 0.0619 e. The zero-order valence-corrected chi connectivity index (χ0v) is 36.8. The molecule has 0 spiro atoms. The van der Waals surface area contributed by atoms with Crippen molar-refractivity contribution in [3.8, 4) is 11.1 Å². The van der Waals surface area contributed by atoms with Crippen LogP contribution in [0.25, 0.3) is 54.2 Å². The molecule has 0 aliphatic rings. The first-order valence-corrected chi connectivity index (χ1v) is 22.9. The summed E-state index contributed by atoms with van der Waals surface area (Å²) in [6.07, 6.45) is 0. The Morgan fingerprint density at radius 3 is 1.04 bits per heavy atom. The maximum absolute atomic E-state index is 2.45. The van der Waals surface area contributed by atoms with Crippen LogP contribution in [0.2, 0.25) is 0 Å². The van der Waals surface area contributed by atoms with E-state index in [1.807, 2.05) is 0 Å². The maximum Gasteiger partial charge on any atom is 0.0619 e. The highest BCUT2D eigenvalue weighted by Crippen LogP contribution is 2.51. The van der Waals surface area contributed by atoms with Crippen LogP contribution in [0.5, 0.6) is 0 Å². The first-order valence-electron chi connectivity index (χ1n) is 22.9. The lowest BCUT2D eigenvalue weighted by atomic mass is 9.87. The van der Waals surface area contributed by atoms with Crippen molar-refractivity contribution in [2.75, 3.05) is 14.7 Å². The van der Waals surface area contributed by atoms with Crippen molar-refractivity contribution < 1.29 is 0 Å². The average Bonchev–Trinajstić information content (AvgIpc) is 3.40. The Kier molecular flexibility index (Phi) is 10.2. The van der Waals surface area contributed by atoms with Gasteiger partial charge in [0.15, 0.2) is 0 Å². The molecule has 0 heterocycles. The van der Waals surface area contributed by atoms with Crippen molar-refractivity contribution in [1.82, 2.24) is 0 Å². The number of fused-ring (bicyclic) bond motifs is 5. The second-order valence-corrected chi connectivity index (χ2v) is 16.9. The Morgan fingerprint density at radius 2 is 0.567 bits per heavy atom. The largest absolute Gasteiger partial charge is 0.310 e. The van der Waals surface area contributed by atoms with Crippen LogP contribution < -0.4 is 14.7 Å². The summed E-state index contributed by atoms with van der Waals surface area (Å²) in [5, 5.41) is 9.52. The number of benzene rings is 12. The monoisotopic (exact) mass is 855 g/mol. The lowest BCUT2D eigenvalue weighted by Gasteiger charge is -2.32. The first-order chi connectivity index (χ1) is 33.3. The van der Waals surface area contributed by atoms with Crippen LogP contribution in [0.15, 0.2) is 273 Å². The third-order valence-electron chi connectivity index (χ3n) is 12.9. The lowest BCUT2D eigenvalue weighted by Crippen LogP contribution is -2.13. The third-order valence-corrected chi connectivity index (χ3v) is 12.9. The van der Waals surface area contributed by atoms with E-state index in [1.54, 1.807) is 0 Å². The average molecular weight is 856 g/mol. The van der Waals surface area contributed by atoms with E-state index in [4.69, 9.17) is 0 Å². The molecule has 12 aromatic carbocycles. The van der Waals surface area contributed by atoms with E-state index in [2.05, 4.69) is 288 Å². The van der Waals surface area contributed by atoms with E-state index in [0.29, 0.717) is 0 Å². The molecule has 0 radical (unpaired) electrons. The van der Waals surface area contributed by atoms with Crippen LogP contribution in [-0.2, 0) is 0 Å². The summed E-state index contributed by atoms with van der Waals surface area (Å²) in [5.74, 6) is 0. The van der Waals surface area contributed by atoms with E-state index in [9.17, 15) is 0 Å². The summed E-state index contributed by atoms with van der Waals surface area (Å²) in [7, 11) is 0. The van der Waals surface area contributed by atoms with Crippen LogP contribution in [0.4, 0.5) is 51.2 Å². The molecule has 0 saturated heterocycles. The van der Waals surface area contributed by atoms with E-state index >= 15 is 0 Å². The van der Waals surface area contributed by atoms with Gasteiger partial charge in [0.1, 0.15) is 0 Å². The van der Waals surface area contributed by atoms with E-state index < -0.39 is 0 Å². The predicted octanol–water partition coefficient (Wildman–Crippen LogP) is 18.4. The van der Waals surface area contributed by atoms with Crippen LogP contribution in [0.3, 0.4) is 0 Å². The minimum absolute atomic E-state index is 1.07. The van der Waals surface area contributed by atoms with Gasteiger partial charge < -0.3 is 14.7 Å². The molecule has 3 nitrogen and oxygen atoms in total. The molecule has 12 aromatic rings.